The maximum atomic E-state index is 5.96. The summed E-state index contributed by atoms with van der Waals surface area (Å²) in [4.78, 5) is 17.9. The van der Waals surface area contributed by atoms with Gasteiger partial charge in [-0.15, -0.1) is 0 Å². The van der Waals surface area contributed by atoms with Crippen LogP contribution < -0.4 is 18.9 Å². The summed E-state index contributed by atoms with van der Waals surface area (Å²) < 4.78 is 23.4. The van der Waals surface area contributed by atoms with E-state index in [1.165, 1.54) is 5.56 Å². The highest BCUT2D eigenvalue weighted by Gasteiger charge is 2.23. The van der Waals surface area contributed by atoms with Crippen molar-refractivity contribution in [3.05, 3.63) is 119 Å². The van der Waals surface area contributed by atoms with Crippen LogP contribution in [0.1, 0.15) is 28.3 Å². The summed E-state index contributed by atoms with van der Waals surface area (Å²) in [5.74, 6) is 2.53. The third kappa shape index (κ3) is 5.70. The van der Waals surface area contributed by atoms with Crippen molar-refractivity contribution in [2.75, 3.05) is 28.4 Å². The van der Waals surface area contributed by atoms with E-state index >= 15 is 0 Å². The molecule has 0 aliphatic carbocycles. The molecule has 2 N–H and O–H groups in total. The number of nitrogens with zero attached hydrogens (tertiary/aromatic N) is 2. The van der Waals surface area contributed by atoms with Gasteiger partial charge in [0.05, 0.1) is 56.8 Å². The highest BCUT2D eigenvalue weighted by atomic mass is 16.5. The van der Waals surface area contributed by atoms with E-state index in [1.807, 2.05) is 66.8 Å². The van der Waals surface area contributed by atoms with Gasteiger partial charge in [0.25, 0.3) is 0 Å². The monoisotopic (exact) mass is 672 g/mol. The molecule has 8 rings (SSSR count). The lowest BCUT2D eigenvalue weighted by Crippen LogP contribution is -1.97. The molecule has 252 valence electrons. The fraction of sp³-hybridized carbons (Fsp3) is 0.116. The molecule has 5 heterocycles. The number of nitrogens with one attached hydrogen (secondary N) is 2. The Bertz CT molecular complexity index is 2520. The van der Waals surface area contributed by atoms with Crippen LogP contribution in [0.3, 0.4) is 0 Å². The molecule has 6 aromatic rings. The zero-order valence-corrected chi connectivity index (χ0v) is 29.0. The van der Waals surface area contributed by atoms with Crippen molar-refractivity contribution in [2.45, 2.75) is 6.92 Å². The van der Waals surface area contributed by atoms with Crippen LogP contribution in [0.5, 0.6) is 23.0 Å². The summed E-state index contributed by atoms with van der Waals surface area (Å²) in [7, 11) is 6.59. The van der Waals surface area contributed by atoms with Crippen molar-refractivity contribution in [2.24, 2.45) is 0 Å². The molecule has 51 heavy (non-hydrogen) atoms. The minimum atomic E-state index is 0.588. The number of rotatable bonds is 7. The maximum absolute atomic E-state index is 5.96. The van der Waals surface area contributed by atoms with Crippen LogP contribution in [0.2, 0.25) is 0 Å². The third-order valence-corrected chi connectivity index (χ3v) is 9.26. The van der Waals surface area contributed by atoms with Crippen molar-refractivity contribution < 1.29 is 18.9 Å². The number of para-hydroxylation sites is 1. The Morgan fingerprint density at radius 2 is 1.10 bits per heavy atom. The van der Waals surface area contributed by atoms with Gasteiger partial charge < -0.3 is 28.9 Å². The van der Waals surface area contributed by atoms with E-state index < -0.39 is 0 Å². The summed E-state index contributed by atoms with van der Waals surface area (Å²) in [6.07, 6.45) is 8.19. The molecule has 0 atom stereocenters. The standard InChI is InChI=1S/C43H36N4O4/c1-25-10-12-26(13-11-25)40-31-16-14-27(44-31)22-28-15-17-35(45-28)42(43-38(50-4)23-29(48-2)24-39(43)51-5)36-21-20-34(47-36)41(33-19-18-32(40)46-33)30-8-6-7-9-37(30)49-3/h6-24,45-46H,1-5H3. The van der Waals surface area contributed by atoms with E-state index in [-0.39, 0.29) is 0 Å². The zero-order chi connectivity index (χ0) is 35.1. The van der Waals surface area contributed by atoms with Gasteiger partial charge in [-0.05, 0) is 73.2 Å². The van der Waals surface area contributed by atoms with E-state index in [0.717, 1.165) is 84.0 Å². The molecule has 0 amide bonds. The molecule has 3 aromatic carbocycles. The number of fused-ring (bicyclic) bond motifs is 8. The molecule has 8 bridgehead atoms. The lowest BCUT2D eigenvalue weighted by atomic mass is 10.0. The topological polar surface area (TPSA) is 94.3 Å². The van der Waals surface area contributed by atoms with Gasteiger partial charge in [-0.25, -0.2) is 9.97 Å². The SMILES string of the molecule is COc1cc(OC)c(-c2c3nc(c(-c4ccccc4OC)c4ccc([nH]4)c(-c4ccc(C)cc4)c4nc(cc5ccc2[nH]5)C=C4)C=C3)c(OC)c1. The molecule has 0 saturated heterocycles. The zero-order valence-electron chi connectivity index (χ0n) is 29.0. The van der Waals surface area contributed by atoms with Crippen LogP contribution >= 0.6 is 0 Å². The number of ether oxygens (including phenoxy) is 4. The summed E-state index contributed by atoms with van der Waals surface area (Å²) in [6.45, 7) is 2.10. The van der Waals surface area contributed by atoms with Crippen molar-refractivity contribution >= 4 is 46.4 Å². The quantitative estimate of drug-likeness (QED) is 0.175. The second-order valence-corrected chi connectivity index (χ2v) is 12.3. The first-order chi connectivity index (χ1) is 25.0. The van der Waals surface area contributed by atoms with E-state index in [9.17, 15) is 0 Å². The van der Waals surface area contributed by atoms with Crippen LogP contribution in [-0.4, -0.2) is 48.4 Å². The Hall–Kier alpha value is -6.54. The largest absolute Gasteiger partial charge is 0.496 e. The fourth-order valence-corrected chi connectivity index (χ4v) is 6.81. The number of aryl methyl sites for hydroxylation is 1. The highest BCUT2D eigenvalue weighted by Crippen LogP contribution is 2.46. The van der Waals surface area contributed by atoms with E-state index in [2.05, 4.69) is 65.4 Å². The molecule has 8 nitrogen and oxygen atoms in total. The molecule has 3 aromatic heterocycles. The Morgan fingerprint density at radius 1 is 0.490 bits per heavy atom. The molecule has 2 aliphatic rings. The molecule has 0 unspecified atom stereocenters. The summed E-state index contributed by atoms with van der Waals surface area (Å²) in [5.41, 5.74) is 13.3. The Balaban J connectivity index is 1.55. The number of methoxy groups -OCH3 is 4. The van der Waals surface area contributed by atoms with Gasteiger partial charge in [-0.1, -0.05) is 48.0 Å². The first-order valence-corrected chi connectivity index (χ1v) is 16.6. The van der Waals surface area contributed by atoms with Crippen molar-refractivity contribution in [1.82, 2.24) is 19.9 Å². The van der Waals surface area contributed by atoms with Gasteiger partial charge in [0.2, 0.25) is 0 Å². The van der Waals surface area contributed by atoms with Crippen LogP contribution in [0.15, 0.2) is 91.0 Å². The predicted molar refractivity (Wildman–Crippen MR) is 206 cm³/mol. The lowest BCUT2D eigenvalue weighted by Gasteiger charge is -2.16. The Kier molecular flexibility index (Phi) is 8.12. The Morgan fingerprint density at radius 3 is 1.80 bits per heavy atom. The molecule has 2 aliphatic heterocycles. The van der Waals surface area contributed by atoms with E-state index in [4.69, 9.17) is 28.9 Å². The van der Waals surface area contributed by atoms with Crippen LogP contribution in [0.4, 0.5) is 0 Å². The summed E-state index contributed by atoms with van der Waals surface area (Å²) in [6, 6.07) is 30.6. The normalized spacial score (nSPS) is 11.9. The number of aromatic nitrogens is 4. The van der Waals surface area contributed by atoms with Gasteiger partial charge in [-0.3, -0.25) is 0 Å². The van der Waals surface area contributed by atoms with Crippen molar-refractivity contribution in [3.63, 3.8) is 0 Å². The number of aromatic amines is 2. The van der Waals surface area contributed by atoms with Gasteiger partial charge in [0, 0.05) is 56.5 Å². The molecule has 0 saturated carbocycles. The lowest BCUT2D eigenvalue weighted by molar-refractivity contribution is 0.377. The average Bonchev–Trinajstić information content (AvgIpc) is 4.00. The number of H-pyrrole nitrogens is 2. The van der Waals surface area contributed by atoms with E-state index in [1.54, 1.807) is 28.4 Å². The second-order valence-electron chi connectivity index (χ2n) is 12.3. The smallest absolute Gasteiger partial charge is 0.134 e. The summed E-state index contributed by atoms with van der Waals surface area (Å²) >= 11 is 0. The Labute approximate surface area is 295 Å². The minimum absolute atomic E-state index is 0.588. The molecule has 0 spiro atoms. The predicted octanol–water partition coefficient (Wildman–Crippen LogP) is 10.00. The van der Waals surface area contributed by atoms with Crippen LogP contribution in [-0.2, 0) is 0 Å². The molecular weight excluding hydrogens is 636 g/mol. The van der Waals surface area contributed by atoms with Crippen molar-refractivity contribution in [1.29, 1.82) is 0 Å². The van der Waals surface area contributed by atoms with Gasteiger partial charge in [-0.2, -0.15) is 0 Å². The maximum Gasteiger partial charge on any atom is 0.134 e. The number of benzene rings is 3. The van der Waals surface area contributed by atoms with Crippen molar-refractivity contribution in [3.8, 4) is 56.4 Å². The number of hydrogen-bond acceptors (Lipinski definition) is 6. The summed E-state index contributed by atoms with van der Waals surface area (Å²) in [5, 5.41) is 0. The highest BCUT2D eigenvalue weighted by molar-refractivity contribution is 6.00. The molecule has 8 heteroatoms. The second kappa shape index (κ2) is 13.1. The average molecular weight is 673 g/mol. The van der Waals surface area contributed by atoms with Gasteiger partial charge >= 0.3 is 0 Å². The first kappa shape index (κ1) is 31.7. The minimum Gasteiger partial charge on any atom is -0.496 e. The van der Waals surface area contributed by atoms with Gasteiger partial charge in [0.15, 0.2) is 0 Å². The van der Waals surface area contributed by atoms with Gasteiger partial charge in [0.1, 0.15) is 23.0 Å². The molecular formula is C43H36N4O4. The van der Waals surface area contributed by atoms with Crippen LogP contribution in [0.25, 0.3) is 79.8 Å². The number of hydrogen-bond donors (Lipinski definition) is 2. The third-order valence-electron chi connectivity index (χ3n) is 9.26. The molecule has 0 radical (unpaired) electrons. The first-order valence-electron chi connectivity index (χ1n) is 16.6. The fourth-order valence-electron chi connectivity index (χ4n) is 6.81. The van der Waals surface area contributed by atoms with E-state index in [0.29, 0.717) is 17.2 Å². The molecule has 0 fully saturated rings. The van der Waals surface area contributed by atoms with Crippen LogP contribution in [0, 0.1) is 6.92 Å².